The zero-order valence-corrected chi connectivity index (χ0v) is 10.8. The summed E-state index contributed by atoms with van der Waals surface area (Å²) in [6.07, 6.45) is 2.31. The molecular formula is C15H22O. The predicted molar refractivity (Wildman–Crippen MR) is 68.7 cm³/mol. The Labute approximate surface area is 98.9 Å². The van der Waals surface area contributed by atoms with E-state index in [1.54, 1.807) is 0 Å². The molecule has 0 aliphatic heterocycles. The molecule has 88 valence electrons. The van der Waals surface area contributed by atoms with E-state index in [0.717, 1.165) is 6.42 Å². The SMILES string of the molecule is Cc1ccc(C)c(CC(=O)CCC(C)C)c1. The zero-order valence-electron chi connectivity index (χ0n) is 10.8. The predicted octanol–water partition coefficient (Wildman–Crippen LogP) is 3.85. The van der Waals surface area contributed by atoms with Gasteiger partial charge in [0.2, 0.25) is 0 Å². The molecule has 0 aliphatic rings. The van der Waals surface area contributed by atoms with Crippen molar-refractivity contribution in [1.29, 1.82) is 0 Å². The summed E-state index contributed by atoms with van der Waals surface area (Å²) >= 11 is 0. The van der Waals surface area contributed by atoms with Crippen molar-refractivity contribution in [2.45, 2.75) is 47.0 Å². The average molecular weight is 218 g/mol. The van der Waals surface area contributed by atoms with E-state index in [2.05, 4.69) is 45.9 Å². The van der Waals surface area contributed by atoms with Crippen LogP contribution in [0.2, 0.25) is 0 Å². The topological polar surface area (TPSA) is 17.1 Å². The maximum atomic E-state index is 11.8. The maximum Gasteiger partial charge on any atom is 0.137 e. The standard InChI is InChI=1S/C15H22O/c1-11(2)5-8-15(16)10-14-9-12(3)6-7-13(14)4/h6-7,9,11H,5,8,10H2,1-4H3. The molecule has 1 heteroatoms. The van der Waals surface area contributed by atoms with Gasteiger partial charge in [0.15, 0.2) is 0 Å². The monoisotopic (exact) mass is 218 g/mol. The second-order valence-electron chi connectivity index (χ2n) is 5.08. The fraction of sp³-hybridized carbons (Fsp3) is 0.533. The summed E-state index contributed by atoms with van der Waals surface area (Å²) in [7, 11) is 0. The molecular weight excluding hydrogens is 196 g/mol. The Morgan fingerprint density at radius 2 is 1.94 bits per heavy atom. The molecule has 0 N–H and O–H groups in total. The molecule has 0 atom stereocenters. The highest BCUT2D eigenvalue weighted by molar-refractivity contribution is 5.81. The van der Waals surface area contributed by atoms with Gasteiger partial charge in [-0.15, -0.1) is 0 Å². The van der Waals surface area contributed by atoms with Crippen LogP contribution in [0.15, 0.2) is 18.2 Å². The molecule has 0 amide bonds. The molecule has 0 heterocycles. The molecule has 0 bridgehead atoms. The Bertz CT molecular complexity index is 364. The van der Waals surface area contributed by atoms with Crippen molar-refractivity contribution in [3.05, 3.63) is 34.9 Å². The smallest absolute Gasteiger partial charge is 0.137 e. The molecule has 0 aromatic heterocycles. The van der Waals surface area contributed by atoms with E-state index in [1.807, 2.05) is 0 Å². The summed E-state index contributed by atoms with van der Waals surface area (Å²) in [5, 5.41) is 0. The van der Waals surface area contributed by atoms with Gasteiger partial charge in [-0.25, -0.2) is 0 Å². The maximum absolute atomic E-state index is 11.8. The van der Waals surface area contributed by atoms with Gasteiger partial charge in [-0.2, -0.15) is 0 Å². The van der Waals surface area contributed by atoms with E-state index in [4.69, 9.17) is 0 Å². The number of hydrogen-bond acceptors (Lipinski definition) is 1. The highest BCUT2D eigenvalue weighted by atomic mass is 16.1. The van der Waals surface area contributed by atoms with Crippen molar-refractivity contribution in [2.24, 2.45) is 5.92 Å². The van der Waals surface area contributed by atoms with Gasteiger partial charge < -0.3 is 0 Å². The highest BCUT2D eigenvalue weighted by Crippen LogP contribution is 2.13. The zero-order chi connectivity index (χ0) is 12.1. The summed E-state index contributed by atoms with van der Waals surface area (Å²) < 4.78 is 0. The number of carbonyl (C=O) groups excluding carboxylic acids is 1. The quantitative estimate of drug-likeness (QED) is 0.733. The first kappa shape index (κ1) is 13.0. The number of carbonyl (C=O) groups is 1. The van der Waals surface area contributed by atoms with Crippen LogP contribution in [0.3, 0.4) is 0 Å². The first-order valence-corrected chi connectivity index (χ1v) is 6.07. The average Bonchev–Trinajstić information content (AvgIpc) is 2.20. The molecule has 0 saturated carbocycles. The molecule has 0 unspecified atom stereocenters. The van der Waals surface area contributed by atoms with Gasteiger partial charge in [-0.3, -0.25) is 4.79 Å². The third kappa shape index (κ3) is 4.18. The molecule has 1 nitrogen and oxygen atoms in total. The number of aryl methyl sites for hydroxylation is 2. The Morgan fingerprint density at radius 1 is 1.25 bits per heavy atom. The molecule has 0 fully saturated rings. The minimum atomic E-state index is 0.363. The summed E-state index contributed by atoms with van der Waals surface area (Å²) in [5.74, 6) is 0.977. The van der Waals surface area contributed by atoms with Gasteiger partial charge in [-0.1, -0.05) is 37.6 Å². The van der Waals surface area contributed by atoms with Crippen molar-refractivity contribution < 1.29 is 4.79 Å². The lowest BCUT2D eigenvalue weighted by atomic mass is 9.97. The van der Waals surface area contributed by atoms with Crippen molar-refractivity contribution in [2.75, 3.05) is 0 Å². The van der Waals surface area contributed by atoms with E-state index in [9.17, 15) is 4.79 Å². The molecule has 16 heavy (non-hydrogen) atoms. The van der Waals surface area contributed by atoms with E-state index in [-0.39, 0.29) is 0 Å². The first-order valence-electron chi connectivity index (χ1n) is 6.07. The number of benzene rings is 1. The van der Waals surface area contributed by atoms with Crippen LogP contribution in [0, 0.1) is 19.8 Å². The van der Waals surface area contributed by atoms with Gasteiger partial charge in [-0.05, 0) is 37.3 Å². The summed E-state index contributed by atoms with van der Waals surface area (Å²) in [5.41, 5.74) is 3.65. The van der Waals surface area contributed by atoms with Crippen molar-refractivity contribution in [1.82, 2.24) is 0 Å². The second kappa shape index (κ2) is 5.83. The molecule has 1 rings (SSSR count). The third-order valence-electron chi connectivity index (χ3n) is 2.89. The lowest BCUT2D eigenvalue weighted by Crippen LogP contribution is -2.05. The Hall–Kier alpha value is -1.11. The number of hydrogen-bond donors (Lipinski definition) is 0. The Morgan fingerprint density at radius 3 is 2.56 bits per heavy atom. The molecule has 0 spiro atoms. The minimum Gasteiger partial charge on any atom is -0.299 e. The van der Waals surface area contributed by atoms with E-state index in [1.165, 1.54) is 16.7 Å². The summed E-state index contributed by atoms with van der Waals surface area (Å²) in [4.78, 5) is 11.8. The van der Waals surface area contributed by atoms with Crippen LogP contribution in [0.4, 0.5) is 0 Å². The number of rotatable bonds is 5. The number of Topliss-reactive ketones (excluding diaryl/α,β-unsaturated/α-hetero) is 1. The highest BCUT2D eigenvalue weighted by Gasteiger charge is 2.07. The van der Waals surface area contributed by atoms with E-state index >= 15 is 0 Å². The third-order valence-corrected chi connectivity index (χ3v) is 2.89. The summed E-state index contributed by atoms with van der Waals surface area (Å²) in [6, 6.07) is 6.32. The van der Waals surface area contributed by atoms with Crippen molar-refractivity contribution >= 4 is 5.78 Å². The van der Waals surface area contributed by atoms with Gasteiger partial charge in [0.05, 0.1) is 0 Å². The fourth-order valence-corrected chi connectivity index (χ4v) is 1.74. The Kier molecular flexibility index (Phi) is 4.72. The van der Waals surface area contributed by atoms with E-state index < -0.39 is 0 Å². The van der Waals surface area contributed by atoms with Crippen LogP contribution >= 0.6 is 0 Å². The molecule has 0 radical (unpaired) electrons. The van der Waals surface area contributed by atoms with Crippen LogP contribution in [-0.4, -0.2) is 5.78 Å². The molecule has 1 aromatic carbocycles. The van der Waals surface area contributed by atoms with Crippen molar-refractivity contribution in [3.63, 3.8) is 0 Å². The summed E-state index contributed by atoms with van der Waals surface area (Å²) in [6.45, 7) is 8.46. The van der Waals surface area contributed by atoms with Crippen LogP contribution in [0.5, 0.6) is 0 Å². The van der Waals surface area contributed by atoms with Crippen LogP contribution in [0.1, 0.15) is 43.4 Å². The normalized spacial score (nSPS) is 10.8. The van der Waals surface area contributed by atoms with Gasteiger partial charge in [0, 0.05) is 12.8 Å². The molecule has 1 aromatic rings. The van der Waals surface area contributed by atoms with Gasteiger partial charge in [0.25, 0.3) is 0 Å². The minimum absolute atomic E-state index is 0.363. The number of ketones is 1. The van der Waals surface area contributed by atoms with Gasteiger partial charge in [0.1, 0.15) is 5.78 Å². The van der Waals surface area contributed by atoms with E-state index in [0.29, 0.717) is 24.5 Å². The molecule has 0 saturated heterocycles. The van der Waals surface area contributed by atoms with Crippen LogP contribution < -0.4 is 0 Å². The Balaban J connectivity index is 2.59. The van der Waals surface area contributed by atoms with Crippen LogP contribution in [0.25, 0.3) is 0 Å². The lowest BCUT2D eigenvalue weighted by Gasteiger charge is -2.07. The lowest BCUT2D eigenvalue weighted by molar-refractivity contribution is -0.118. The first-order chi connectivity index (χ1) is 7.49. The second-order valence-corrected chi connectivity index (χ2v) is 5.08. The largest absolute Gasteiger partial charge is 0.299 e. The van der Waals surface area contributed by atoms with Crippen molar-refractivity contribution in [3.8, 4) is 0 Å². The van der Waals surface area contributed by atoms with Crippen LogP contribution in [-0.2, 0) is 11.2 Å². The molecule has 0 aliphatic carbocycles. The van der Waals surface area contributed by atoms with Gasteiger partial charge >= 0.3 is 0 Å². The fourth-order valence-electron chi connectivity index (χ4n) is 1.74.